The Hall–Kier alpha value is -3.03. The fourth-order valence-corrected chi connectivity index (χ4v) is 1.50. The Morgan fingerprint density at radius 1 is 0.800 bits per heavy atom. The molecule has 1 heteroatoms. The molecule has 1 nitrogen and oxygen atoms in total. The number of rotatable bonds is 1. The van der Waals surface area contributed by atoms with Crippen LogP contribution in [-0.2, 0) is 0 Å². The van der Waals surface area contributed by atoms with Crippen molar-refractivity contribution in [2.75, 3.05) is 0 Å². The Bertz CT molecular complexity index is 717. The van der Waals surface area contributed by atoms with E-state index in [4.69, 9.17) is 0 Å². The van der Waals surface area contributed by atoms with E-state index in [0.717, 1.165) is 5.56 Å². The highest BCUT2D eigenvalue weighted by Crippen LogP contribution is 1.98. The van der Waals surface area contributed by atoms with Crippen LogP contribution in [0.3, 0.4) is 0 Å². The number of Topliss-reactive ketones (excluding diaryl/α,β-unsaturated/α-hetero) is 1. The lowest BCUT2D eigenvalue weighted by Crippen LogP contribution is -1.92. The maximum absolute atomic E-state index is 11.7. The molecule has 0 N–H and O–H groups in total. The number of allylic oxidation sites excluding steroid dienone is 2. The van der Waals surface area contributed by atoms with Crippen LogP contribution in [0.25, 0.3) is 0 Å². The van der Waals surface area contributed by atoms with Gasteiger partial charge in [-0.05, 0) is 30.2 Å². The zero-order chi connectivity index (χ0) is 14.0. The van der Waals surface area contributed by atoms with Crippen molar-refractivity contribution < 1.29 is 4.79 Å². The van der Waals surface area contributed by atoms with Crippen LogP contribution in [-0.4, -0.2) is 5.78 Å². The van der Waals surface area contributed by atoms with Gasteiger partial charge in [0.15, 0.2) is 0 Å². The Morgan fingerprint density at radius 2 is 1.40 bits per heavy atom. The van der Waals surface area contributed by atoms with Crippen LogP contribution in [0.2, 0.25) is 0 Å². The van der Waals surface area contributed by atoms with Crippen LogP contribution in [0.1, 0.15) is 15.9 Å². The van der Waals surface area contributed by atoms with E-state index in [9.17, 15) is 4.79 Å². The Balaban J connectivity index is 1.94. The van der Waals surface area contributed by atoms with Gasteiger partial charge < -0.3 is 0 Å². The predicted octanol–water partition coefficient (Wildman–Crippen LogP) is 3.48. The summed E-state index contributed by atoms with van der Waals surface area (Å²) < 4.78 is 0. The highest BCUT2D eigenvalue weighted by atomic mass is 16.1. The summed E-state index contributed by atoms with van der Waals surface area (Å²) in [4.78, 5) is 11.7. The summed E-state index contributed by atoms with van der Waals surface area (Å²) >= 11 is 0. The molecule has 0 aliphatic rings. The van der Waals surface area contributed by atoms with Crippen molar-refractivity contribution in [3.8, 4) is 23.7 Å². The molecule has 0 aliphatic heterocycles. The first-order valence-electron chi connectivity index (χ1n) is 6.19. The number of ketones is 1. The second-order valence-corrected chi connectivity index (χ2v) is 3.93. The van der Waals surface area contributed by atoms with Gasteiger partial charge in [-0.15, -0.1) is 0 Å². The van der Waals surface area contributed by atoms with Crippen molar-refractivity contribution in [3.63, 3.8) is 0 Å². The Labute approximate surface area is 119 Å². The van der Waals surface area contributed by atoms with Crippen molar-refractivity contribution in [2.24, 2.45) is 0 Å². The Kier molecular flexibility index (Phi) is 4.97. The van der Waals surface area contributed by atoms with Gasteiger partial charge in [-0.1, -0.05) is 66.3 Å². The second kappa shape index (κ2) is 7.41. The molecule has 0 saturated heterocycles. The first kappa shape index (κ1) is 13.4. The average molecular weight is 256 g/mol. The molecule has 2 aromatic carbocycles. The van der Waals surface area contributed by atoms with E-state index in [1.165, 1.54) is 0 Å². The van der Waals surface area contributed by atoms with Gasteiger partial charge in [0.05, 0.1) is 0 Å². The van der Waals surface area contributed by atoms with Crippen LogP contribution in [0, 0.1) is 23.7 Å². The van der Waals surface area contributed by atoms with Crippen LogP contribution in [0.4, 0.5) is 0 Å². The molecule has 0 fully saturated rings. The van der Waals surface area contributed by atoms with Gasteiger partial charge in [0.25, 0.3) is 0 Å². The van der Waals surface area contributed by atoms with E-state index in [0.29, 0.717) is 5.56 Å². The minimum atomic E-state index is -0.189. The Morgan fingerprint density at radius 3 is 2.10 bits per heavy atom. The summed E-state index contributed by atoms with van der Waals surface area (Å²) in [7, 11) is 0. The molecule has 2 rings (SSSR count). The molecule has 0 aliphatic carbocycles. The lowest BCUT2D eigenvalue weighted by Gasteiger charge is -1.89. The molecule has 0 unspecified atom stereocenters. The van der Waals surface area contributed by atoms with Gasteiger partial charge in [0.1, 0.15) is 0 Å². The monoisotopic (exact) mass is 256 g/mol. The predicted molar refractivity (Wildman–Crippen MR) is 81.0 cm³/mol. The third-order valence-electron chi connectivity index (χ3n) is 2.46. The molecular formula is C19H12O. The molecule has 0 amide bonds. The molecule has 0 bridgehead atoms. The topological polar surface area (TPSA) is 17.1 Å². The smallest absolute Gasteiger partial charge is 0.236 e. The highest BCUT2D eigenvalue weighted by molar-refractivity contribution is 6.09. The summed E-state index contributed by atoms with van der Waals surface area (Å²) in [5, 5.41) is 0. The first-order valence-corrected chi connectivity index (χ1v) is 6.19. The standard InChI is InChI=1S/C19H12O/c20-19(18-14-8-4-9-15-18)16-10-2-1-5-11-17-12-6-3-7-13-17/h1-4,6-9,12-15H/b2-1-. The van der Waals surface area contributed by atoms with Crippen LogP contribution >= 0.6 is 0 Å². The van der Waals surface area contributed by atoms with Crippen molar-refractivity contribution in [1.82, 2.24) is 0 Å². The van der Waals surface area contributed by atoms with Gasteiger partial charge in [0.2, 0.25) is 5.78 Å². The van der Waals surface area contributed by atoms with Crippen molar-refractivity contribution >= 4 is 5.78 Å². The average Bonchev–Trinajstić information content (AvgIpc) is 2.52. The summed E-state index contributed by atoms with van der Waals surface area (Å²) in [5.74, 6) is 10.9. The molecule has 0 aromatic heterocycles. The van der Waals surface area contributed by atoms with Crippen LogP contribution < -0.4 is 0 Å². The number of hydrogen-bond acceptors (Lipinski definition) is 1. The van der Waals surface area contributed by atoms with Gasteiger partial charge in [-0.25, -0.2) is 0 Å². The molecule has 94 valence electrons. The number of benzene rings is 2. The zero-order valence-corrected chi connectivity index (χ0v) is 10.8. The summed E-state index contributed by atoms with van der Waals surface area (Å²) in [6, 6.07) is 18.7. The van der Waals surface area contributed by atoms with Crippen LogP contribution in [0.5, 0.6) is 0 Å². The van der Waals surface area contributed by atoms with Crippen molar-refractivity contribution in [3.05, 3.63) is 83.9 Å². The van der Waals surface area contributed by atoms with Crippen molar-refractivity contribution in [2.45, 2.75) is 0 Å². The van der Waals surface area contributed by atoms with E-state index in [2.05, 4.69) is 23.7 Å². The van der Waals surface area contributed by atoms with Gasteiger partial charge in [0, 0.05) is 11.1 Å². The molecule has 2 aromatic rings. The highest BCUT2D eigenvalue weighted by Gasteiger charge is 1.97. The normalized spacial score (nSPS) is 9.20. The van der Waals surface area contributed by atoms with E-state index in [-0.39, 0.29) is 5.78 Å². The quantitative estimate of drug-likeness (QED) is 0.434. The van der Waals surface area contributed by atoms with E-state index < -0.39 is 0 Å². The van der Waals surface area contributed by atoms with E-state index >= 15 is 0 Å². The van der Waals surface area contributed by atoms with Gasteiger partial charge >= 0.3 is 0 Å². The van der Waals surface area contributed by atoms with Crippen LogP contribution in [0.15, 0.2) is 72.8 Å². The molecular weight excluding hydrogens is 244 g/mol. The summed E-state index contributed by atoms with van der Waals surface area (Å²) in [6.45, 7) is 0. The lowest BCUT2D eigenvalue weighted by atomic mass is 10.1. The fraction of sp³-hybridized carbons (Fsp3) is 0. The largest absolute Gasteiger partial charge is 0.279 e. The molecule has 20 heavy (non-hydrogen) atoms. The zero-order valence-electron chi connectivity index (χ0n) is 10.8. The van der Waals surface area contributed by atoms with Gasteiger partial charge in [-0.3, -0.25) is 4.79 Å². The third kappa shape index (κ3) is 4.33. The number of carbonyl (C=O) groups is 1. The molecule has 0 atom stereocenters. The minimum absolute atomic E-state index is 0.189. The summed E-state index contributed by atoms with van der Waals surface area (Å²) in [6.07, 6.45) is 3.22. The maximum Gasteiger partial charge on any atom is 0.236 e. The molecule has 0 radical (unpaired) electrons. The SMILES string of the molecule is O=C(C#C/C=C\C#Cc1ccccc1)c1ccccc1. The fourth-order valence-electron chi connectivity index (χ4n) is 1.50. The first-order chi connectivity index (χ1) is 9.86. The van der Waals surface area contributed by atoms with E-state index in [1.54, 1.807) is 24.3 Å². The number of carbonyl (C=O) groups excluding carboxylic acids is 1. The number of hydrogen-bond donors (Lipinski definition) is 0. The molecule has 0 saturated carbocycles. The second-order valence-electron chi connectivity index (χ2n) is 3.93. The molecule has 0 spiro atoms. The van der Waals surface area contributed by atoms with Crippen molar-refractivity contribution in [1.29, 1.82) is 0 Å². The van der Waals surface area contributed by atoms with E-state index in [1.807, 2.05) is 48.5 Å². The van der Waals surface area contributed by atoms with Gasteiger partial charge in [-0.2, -0.15) is 0 Å². The maximum atomic E-state index is 11.7. The molecule has 0 heterocycles. The minimum Gasteiger partial charge on any atom is -0.279 e. The summed E-state index contributed by atoms with van der Waals surface area (Å²) in [5.41, 5.74) is 1.55. The lowest BCUT2D eigenvalue weighted by molar-refractivity contribution is 0.105. The third-order valence-corrected chi connectivity index (χ3v) is 2.46.